The van der Waals surface area contributed by atoms with Crippen LogP contribution in [0.15, 0.2) is 48.7 Å². The molecule has 0 radical (unpaired) electrons. The Bertz CT molecular complexity index is 1660. The predicted molar refractivity (Wildman–Crippen MR) is 152 cm³/mol. The molecule has 4 unspecified atom stereocenters. The first kappa shape index (κ1) is 26.8. The molecule has 3 aliphatic heterocycles. The molecular weight excluding hydrogens is 544 g/mol. The summed E-state index contributed by atoms with van der Waals surface area (Å²) in [6, 6.07) is 11.0. The number of ether oxygens (including phenoxy) is 3. The number of Topliss-reactive ketones (excluding diaryl/α,β-unsaturated/α-hetero) is 1. The summed E-state index contributed by atoms with van der Waals surface area (Å²) in [7, 11) is 4.24. The van der Waals surface area contributed by atoms with Gasteiger partial charge in [-0.15, -0.1) is 11.3 Å². The molecule has 9 nitrogen and oxygen atoms in total. The molecule has 3 aliphatic rings. The normalized spacial score (nSPS) is 22.4. The van der Waals surface area contributed by atoms with Crippen LogP contribution in [0.5, 0.6) is 11.5 Å². The van der Waals surface area contributed by atoms with Crippen molar-refractivity contribution >= 4 is 46.0 Å². The Kier molecular flexibility index (Phi) is 6.45. The van der Waals surface area contributed by atoms with Gasteiger partial charge in [-0.05, 0) is 54.8 Å². The zero-order chi connectivity index (χ0) is 29.2. The Hall–Kier alpha value is -4.44. The summed E-state index contributed by atoms with van der Waals surface area (Å²) < 4.78 is 15.9. The van der Waals surface area contributed by atoms with Gasteiger partial charge in [-0.1, -0.05) is 24.3 Å². The van der Waals surface area contributed by atoms with Gasteiger partial charge >= 0.3 is 5.97 Å². The largest absolute Gasteiger partial charge is 0.497 e. The van der Waals surface area contributed by atoms with Gasteiger partial charge in [0.05, 0.1) is 50.3 Å². The Morgan fingerprint density at radius 2 is 1.66 bits per heavy atom. The van der Waals surface area contributed by atoms with E-state index in [-0.39, 0.29) is 21.9 Å². The van der Waals surface area contributed by atoms with Gasteiger partial charge in [0.25, 0.3) is 0 Å². The highest BCUT2D eigenvalue weighted by Gasteiger charge is 2.65. The van der Waals surface area contributed by atoms with Crippen LogP contribution in [0.1, 0.15) is 48.3 Å². The number of rotatable bonds is 6. The summed E-state index contributed by atoms with van der Waals surface area (Å²) in [6.07, 6.45) is 3.69. The number of benzene rings is 2. The molecule has 1 aromatic heterocycles. The fourth-order valence-corrected chi connectivity index (χ4v) is 7.49. The van der Waals surface area contributed by atoms with E-state index in [9.17, 15) is 19.2 Å². The molecule has 3 aromatic rings. The highest BCUT2D eigenvalue weighted by atomic mass is 32.1. The molecule has 0 saturated carbocycles. The van der Waals surface area contributed by atoms with Gasteiger partial charge in [0.1, 0.15) is 22.5 Å². The quantitative estimate of drug-likeness (QED) is 0.241. The van der Waals surface area contributed by atoms with E-state index in [1.165, 1.54) is 32.7 Å². The maximum atomic E-state index is 14.4. The number of fused-ring (bicyclic) bond motifs is 5. The number of methoxy groups -OCH3 is 3. The number of esters is 1. The third-order valence-corrected chi connectivity index (χ3v) is 9.55. The van der Waals surface area contributed by atoms with Crippen molar-refractivity contribution in [3.05, 3.63) is 81.4 Å². The zero-order valence-corrected chi connectivity index (χ0v) is 24.0. The van der Waals surface area contributed by atoms with Crippen LogP contribution in [0.2, 0.25) is 0 Å². The van der Waals surface area contributed by atoms with Gasteiger partial charge in [0.15, 0.2) is 5.78 Å². The first-order chi connectivity index (χ1) is 19.7. The van der Waals surface area contributed by atoms with E-state index in [2.05, 4.69) is 0 Å². The average molecular weight is 573 g/mol. The van der Waals surface area contributed by atoms with Gasteiger partial charge in [0.2, 0.25) is 11.8 Å². The van der Waals surface area contributed by atoms with Crippen molar-refractivity contribution in [2.24, 2.45) is 11.8 Å². The van der Waals surface area contributed by atoms with E-state index >= 15 is 0 Å². The minimum Gasteiger partial charge on any atom is -0.497 e. The number of carbonyl (C=O) groups excluding carboxylic acids is 4. The maximum Gasteiger partial charge on any atom is 0.341 e. The average Bonchev–Trinajstić information content (AvgIpc) is 3.58. The molecular formula is C31H28N2O7S. The Labute approximate surface area is 240 Å². The number of aryl methyl sites for hydroxylation is 1. The van der Waals surface area contributed by atoms with Crippen molar-refractivity contribution < 1.29 is 33.4 Å². The monoisotopic (exact) mass is 572 g/mol. The van der Waals surface area contributed by atoms with Crippen LogP contribution >= 0.6 is 11.3 Å². The molecule has 4 atom stereocenters. The van der Waals surface area contributed by atoms with E-state index in [4.69, 9.17) is 14.2 Å². The Morgan fingerprint density at radius 3 is 2.37 bits per heavy atom. The first-order valence-electron chi connectivity index (χ1n) is 13.1. The number of hydrogen-bond donors (Lipinski definition) is 0. The summed E-state index contributed by atoms with van der Waals surface area (Å²) in [5.41, 5.74) is 2.86. The molecule has 210 valence electrons. The molecule has 0 aliphatic carbocycles. The lowest BCUT2D eigenvalue weighted by molar-refractivity contribution is -0.123. The zero-order valence-electron chi connectivity index (χ0n) is 23.2. The molecule has 10 heteroatoms. The lowest BCUT2D eigenvalue weighted by Gasteiger charge is -2.35. The van der Waals surface area contributed by atoms with Crippen LogP contribution in [0, 0.1) is 25.7 Å². The van der Waals surface area contributed by atoms with Crippen LogP contribution in [-0.4, -0.2) is 55.8 Å². The van der Waals surface area contributed by atoms with Gasteiger partial charge in [-0.2, -0.15) is 0 Å². The van der Waals surface area contributed by atoms with Crippen molar-refractivity contribution in [3.63, 3.8) is 0 Å². The van der Waals surface area contributed by atoms with Crippen molar-refractivity contribution in [1.29, 1.82) is 0 Å². The molecule has 2 amide bonds. The number of amides is 2. The Morgan fingerprint density at radius 1 is 0.927 bits per heavy atom. The summed E-state index contributed by atoms with van der Waals surface area (Å²) in [5.74, 6) is -3.01. The van der Waals surface area contributed by atoms with Crippen molar-refractivity contribution in [2.75, 3.05) is 26.2 Å². The Balaban J connectivity index is 1.53. The number of hydrogen-bond acceptors (Lipinski definition) is 9. The predicted octanol–water partition coefficient (Wildman–Crippen LogP) is 4.57. The van der Waals surface area contributed by atoms with E-state index in [1.54, 1.807) is 31.3 Å². The number of imide groups is 1. The molecule has 6 rings (SSSR count). The number of nitrogens with zero attached hydrogens (tertiary/aromatic N) is 2. The highest BCUT2D eigenvalue weighted by Crippen LogP contribution is 2.55. The van der Waals surface area contributed by atoms with Crippen LogP contribution in [0.25, 0.3) is 6.08 Å². The minimum atomic E-state index is -1.00. The standard InChI is InChI=1S/C31H28N2O7S/c1-15-16(2)41-30(22(15)31(37)40-5)33-28(35)23-24(29(33)36)26(27(34)20-14-18(38-3)10-11-21(20)39-4)32-13-12-17-8-6-7-9-19(17)25(23)32/h6-14,23-26H,1-5H3. The fourth-order valence-electron chi connectivity index (χ4n) is 6.33. The number of anilines is 1. The second-order valence-electron chi connectivity index (χ2n) is 10.2. The van der Waals surface area contributed by atoms with Gasteiger partial charge in [-0.3, -0.25) is 14.4 Å². The fraction of sp³-hybridized carbons (Fsp3) is 0.290. The van der Waals surface area contributed by atoms with Gasteiger partial charge in [0, 0.05) is 11.1 Å². The minimum absolute atomic E-state index is 0.190. The molecule has 2 aromatic carbocycles. The van der Waals surface area contributed by atoms with Crippen molar-refractivity contribution in [2.45, 2.75) is 25.9 Å². The smallest absolute Gasteiger partial charge is 0.341 e. The third-order valence-electron chi connectivity index (χ3n) is 8.36. The lowest BCUT2D eigenvalue weighted by Crippen LogP contribution is -2.44. The first-order valence-corrected chi connectivity index (χ1v) is 13.9. The third kappa shape index (κ3) is 3.81. The molecule has 2 saturated heterocycles. The van der Waals surface area contributed by atoms with Crippen molar-refractivity contribution in [1.82, 2.24) is 4.90 Å². The number of thiophene rings is 1. The van der Waals surface area contributed by atoms with Crippen LogP contribution in [-0.2, 0) is 14.3 Å². The number of carbonyl (C=O) groups is 4. The number of ketones is 1. The molecule has 0 spiro atoms. The molecule has 0 N–H and O–H groups in total. The summed E-state index contributed by atoms with van der Waals surface area (Å²) in [5, 5.41) is 0.229. The van der Waals surface area contributed by atoms with Crippen LogP contribution in [0.3, 0.4) is 0 Å². The topological polar surface area (TPSA) is 102 Å². The van der Waals surface area contributed by atoms with Crippen LogP contribution in [0.4, 0.5) is 5.00 Å². The van der Waals surface area contributed by atoms with E-state index in [0.29, 0.717) is 17.1 Å². The summed E-state index contributed by atoms with van der Waals surface area (Å²) in [6.45, 7) is 3.59. The molecule has 41 heavy (non-hydrogen) atoms. The SMILES string of the molecule is COC(=O)c1c(N2C(=O)C3C(C2=O)C2c4ccccc4C=CN2C3C(=O)c2cc(OC)ccc2OC)sc(C)c1C. The second-order valence-corrected chi connectivity index (χ2v) is 11.4. The summed E-state index contributed by atoms with van der Waals surface area (Å²) >= 11 is 1.19. The van der Waals surface area contributed by atoms with E-state index in [1.807, 2.05) is 42.2 Å². The van der Waals surface area contributed by atoms with Gasteiger partial charge < -0.3 is 19.1 Å². The van der Waals surface area contributed by atoms with Crippen LogP contribution < -0.4 is 14.4 Å². The highest BCUT2D eigenvalue weighted by molar-refractivity contribution is 7.17. The van der Waals surface area contributed by atoms with Crippen molar-refractivity contribution in [3.8, 4) is 11.5 Å². The lowest BCUT2D eigenvalue weighted by atomic mass is 9.83. The second kappa shape index (κ2) is 9.88. The van der Waals surface area contributed by atoms with Gasteiger partial charge in [-0.25, -0.2) is 9.69 Å². The van der Waals surface area contributed by atoms with E-state index < -0.39 is 41.7 Å². The summed E-state index contributed by atoms with van der Waals surface area (Å²) in [4.78, 5) is 59.6. The van der Waals surface area contributed by atoms with E-state index in [0.717, 1.165) is 20.9 Å². The maximum absolute atomic E-state index is 14.4. The molecule has 0 bridgehead atoms. The molecule has 4 heterocycles. The molecule has 2 fully saturated rings.